The number of aryl methyl sites for hydroxylation is 1. The number of nitrogens with zero attached hydrogens (tertiary/aromatic N) is 3. The Bertz CT molecular complexity index is 1050. The first-order valence-electron chi connectivity index (χ1n) is 9.42. The lowest BCUT2D eigenvalue weighted by Gasteiger charge is -2.09. The van der Waals surface area contributed by atoms with Crippen molar-refractivity contribution in [2.45, 2.75) is 32.0 Å². The number of halogens is 1. The minimum atomic E-state index is -0.501. The Morgan fingerprint density at radius 1 is 1.07 bits per heavy atom. The molecule has 0 unspecified atom stereocenters. The Kier molecular flexibility index (Phi) is 7.18. The Balaban J connectivity index is 1.59. The van der Waals surface area contributed by atoms with Crippen LogP contribution in [0.3, 0.4) is 0 Å². The summed E-state index contributed by atoms with van der Waals surface area (Å²) < 4.78 is 15.5. The molecule has 1 aromatic heterocycles. The van der Waals surface area contributed by atoms with Crippen LogP contribution in [-0.2, 0) is 22.6 Å². The summed E-state index contributed by atoms with van der Waals surface area (Å²) >= 11 is 1.24. The number of carbonyl (C=O) groups excluding carboxylic acids is 2. The Hall–Kier alpha value is -3.20. The molecule has 3 aromatic rings. The third-order valence-electron chi connectivity index (χ3n) is 4.21. The van der Waals surface area contributed by atoms with Crippen LogP contribution in [0.4, 0.5) is 15.8 Å². The third kappa shape index (κ3) is 5.66. The van der Waals surface area contributed by atoms with Crippen molar-refractivity contribution in [3.8, 4) is 0 Å². The van der Waals surface area contributed by atoms with Crippen LogP contribution in [0.2, 0.25) is 0 Å². The molecule has 0 aliphatic carbocycles. The number of para-hydroxylation sites is 1. The molecule has 0 radical (unpaired) electrons. The van der Waals surface area contributed by atoms with Gasteiger partial charge in [-0.1, -0.05) is 36.0 Å². The molecule has 7 nitrogen and oxygen atoms in total. The van der Waals surface area contributed by atoms with Crippen molar-refractivity contribution in [1.29, 1.82) is 0 Å². The number of rotatable bonds is 8. The van der Waals surface area contributed by atoms with E-state index < -0.39 is 11.7 Å². The standard InChI is InChI=1S/C21H22FN5O2S/c1-3-27-18(12-19(28)24-17-10-5-4-9-16(17)22)25-26-21(27)30-13-20(29)23-15-8-6-7-14(2)11-15/h4-11H,3,12-13H2,1-2H3,(H,23,29)(H,24,28). The van der Waals surface area contributed by atoms with E-state index in [9.17, 15) is 14.0 Å². The Morgan fingerprint density at radius 2 is 1.87 bits per heavy atom. The van der Waals surface area contributed by atoms with E-state index in [0.29, 0.717) is 17.5 Å². The van der Waals surface area contributed by atoms with Gasteiger partial charge in [-0.15, -0.1) is 10.2 Å². The summed E-state index contributed by atoms with van der Waals surface area (Å²) in [5, 5.41) is 14.1. The highest BCUT2D eigenvalue weighted by molar-refractivity contribution is 7.99. The zero-order valence-electron chi connectivity index (χ0n) is 16.7. The smallest absolute Gasteiger partial charge is 0.234 e. The van der Waals surface area contributed by atoms with E-state index in [1.54, 1.807) is 16.7 Å². The average molecular weight is 428 g/mol. The minimum absolute atomic E-state index is 0.0504. The van der Waals surface area contributed by atoms with Crippen molar-refractivity contribution in [3.05, 3.63) is 65.7 Å². The molecule has 30 heavy (non-hydrogen) atoms. The van der Waals surface area contributed by atoms with Gasteiger partial charge in [-0.3, -0.25) is 9.59 Å². The molecule has 3 rings (SSSR count). The van der Waals surface area contributed by atoms with Gasteiger partial charge in [-0.05, 0) is 43.7 Å². The topological polar surface area (TPSA) is 88.9 Å². The minimum Gasteiger partial charge on any atom is -0.325 e. The predicted molar refractivity (Wildman–Crippen MR) is 115 cm³/mol. The number of hydrogen-bond donors (Lipinski definition) is 2. The Labute approximate surface area is 178 Å². The fourth-order valence-corrected chi connectivity index (χ4v) is 3.65. The summed E-state index contributed by atoms with van der Waals surface area (Å²) in [5.41, 5.74) is 1.92. The second-order valence-corrected chi connectivity index (χ2v) is 7.50. The second kappa shape index (κ2) is 10.0. The first kappa shape index (κ1) is 21.5. The molecular formula is C21H22FN5O2S. The second-order valence-electron chi connectivity index (χ2n) is 6.55. The highest BCUT2D eigenvalue weighted by atomic mass is 32.2. The number of nitrogens with one attached hydrogen (secondary N) is 2. The molecule has 0 aliphatic rings. The molecule has 0 bridgehead atoms. The zero-order valence-corrected chi connectivity index (χ0v) is 17.5. The van der Waals surface area contributed by atoms with E-state index in [0.717, 1.165) is 11.3 Å². The van der Waals surface area contributed by atoms with Crippen LogP contribution in [0.5, 0.6) is 0 Å². The van der Waals surface area contributed by atoms with Gasteiger partial charge in [0.05, 0.1) is 17.9 Å². The van der Waals surface area contributed by atoms with E-state index in [-0.39, 0.29) is 23.8 Å². The summed E-state index contributed by atoms with van der Waals surface area (Å²) in [6, 6.07) is 13.5. The van der Waals surface area contributed by atoms with Gasteiger partial charge in [-0.25, -0.2) is 4.39 Å². The number of hydrogen-bond acceptors (Lipinski definition) is 5. The van der Waals surface area contributed by atoms with E-state index in [1.807, 2.05) is 38.1 Å². The van der Waals surface area contributed by atoms with E-state index in [1.165, 1.54) is 23.9 Å². The highest BCUT2D eigenvalue weighted by Gasteiger charge is 2.16. The molecule has 156 valence electrons. The molecule has 0 saturated heterocycles. The molecule has 9 heteroatoms. The van der Waals surface area contributed by atoms with Gasteiger partial charge in [0.2, 0.25) is 11.8 Å². The molecule has 1 heterocycles. The van der Waals surface area contributed by atoms with Crippen molar-refractivity contribution in [3.63, 3.8) is 0 Å². The van der Waals surface area contributed by atoms with E-state index >= 15 is 0 Å². The number of anilines is 2. The highest BCUT2D eigenvalue weighted by Crippen LogP contribution is 2.19. The maximum absolute atomic E-state index is 13.7. The fraction of sp³-hybridized carbons (Fsp3) is 0.238. The maximum Gasteiger partial charge on any atom is 0.234 e. The third-order valence-corrected chi connectivity index (χ3v) is 5.18. The van der Waals surface area contributed by atoms with Crippen LogP contribution in [0.25, 0.3) is 0 Å². The molecule has 0 saturated carbocycles. The van der Waals surface area contributed by atoms with Crippen molar-refractivity contribution >= 4 is 35.0 Å². The number of carbonyl (C=O) groups is 2. The largest absolute Gasteiger partial charge is 0.325 e. The van der Waals surface area contributed by atoms with Crippen molar-refractivity contribution in [2.75, 3.05) is 16.4 Å². The van der Waals surface area contributed by atoms with Gasteiger partial charge < -0.3 is 15.2 Å². The van der Waals surface area contributed by atoms with Gasteiger partial charge in [0, 0.05) is 12.2 Å². The Morgan fingerprint density at radius 3 is 2.60 bits per heavy atom. The normalized spacial score (nSPS) is 10.6. The first-order chi connectivity index (χ1) is 14.5. The molecule has 0 atom stereocenters. The van der Waals surface area contributed by atoms with Crippen molar-refractivity contribution in [1.82, 2.24) is 14.8 Å². The van der Waals surface area contributed by atoms with Crippen LogP contribution in [0.1, 0.15) is 18.3 Å². The van der Waals surface area contributed by atoms with Crippen LogP contribution >= 0.6 is 11.8 Å². The summed E-state index contributed by atoms with van der Waals surface area (Å²) in [4.78, 5) is 24.5. The van der Waals surface area contributed by atoms with Gasteiger partial charge in [0.25, 0.3) is 0 Å². The molecule has 0 spiro atoms. The first-order valence-corrected chi connectivity index (χ1v) is 10.4. The van der Waals surface area contributed by atoms with Crippen LogP contribution in [0, 0.1) is 12.7 Å². The number of thioether (sulfide) groups is 1. The number of benzene rings is 2. The lowest BCUT2D eigenvalue weighted by molar-refractivity contribution is -0.116. The quantitative estimate of drug-likeness (QED) is 0.536. The zero-order chi connectivity index (χ0) is 21.5. The lowest BCUT2D eigenvalue weighted by Crippen LogP contribution is -2.18. The van der Waals surface area contributed by atoms with Crippen molar-refractivity contribution < 1.29 is 14.0 Å². The molecule has 2 N–H and O–H groups in total. The summed E-state index contributed by atoms with van der Waals surface area (Å²) in [7, 11) is 0. The summed E-state index contributed by atoms with van der Waals surface area (Å²) in [6.07, 6.45) is -0.0504. The van der Waals surface area contributed by atoms with Gasteiger partial charge in [-0.2, -0.15) is 0 Å². The molecule has 2 amide bonds. The van der Waals surface area contributed by atoms with Crippen LogP contribution in [0.15, 0.2) is 53.7 Å². The lowest BCUT2D eigenvalue weighted by atomic mass is 10.2. The molecule has 0 aliphatic heterocycles. The average Bonchev–Trinajstić information content (AvgIpc) is 3.09. The number of aromatic nitrogens is 3. The molecule has 2 aromatic carbocycles. The van der Waals surface area contributed by atoms with E-state index in [4.69, 9.17) is 0 Å². The number of amides is 2. The predicted octanol–water partition coefficient (Wildman–Crippen LogP) is 3.66. The summed E-state index contributed by atoms with van der Waals surface area (Å²) in [5.74, 6) is -0.439. The monoisotopic (exact) mass is 427 g/mol. The van der Waals surface area contributed by atoms with Crippen LogP contribution in [-0.4, -0.2) is 32.3 Å². The van der Waals surface area contributed by atoms with E-state index in [2.05, 4.69) is 20.8 Å². The maximum atomic E-state index is 13.7. The van der Waals surface area contributed by atoms with Gasteiger partial charge in [0.1, 0.15) is 11.6 Å². The SMILES string of the molecule is CCn1c(CC(=O)Nc2ccccc2F)nnc1SCC(=O)Nc1cccc(C)c1. The molecule has 0 fully saturated rings. The van der Waals surface area contributed by atoms with Crippen LogP contribution < -0.4 is 10.6 Å². The van der Waals surface area contributed by atoms with Gasteiger partial charge >= 0.3 is 0 Å². The van der Waals surface area contributed by atoms with Gasteiger partial charge in [0.15, 0.2) is 5.16 Å². The summed E-state index contributed by atoms with van der Waals surface area (Å²) in [6.45, 7) is 4.40. The van der Waals surface area contributed by atoms with Crippen molar-refractivity contribution in [2.24, 2.45) is 0 Å². The fourth-order valence-electron chi connectivity index (χ4n) is 2.82. The molecular weight excluding hydrogens is 405 g/mol.